The van der Waals surface area contributed by atoms with Crippen LogP contribution in [0.25, 0.3) is 0 Å². The molecule has 7 atom stereocenters. The van der Waals surface area contributed by atoms with Crippen LogP contribution in [0.4, 0.5) is 9.18 Å². The summed E-state index contributed by atoms with van der Waals surface area (Å²) in [5.74, 6) is -0.536. The molecule has 0 spiro atoms. The molecule has 3 rings (SSSR count). The Labute approximate surface area is 198 Å². The zero-order valence-corrected chi connectivity index (χ0v) is 20.9. The molecule has 1 fully saturated rings. The topological polar surface area (TPSA) is 161 Å². The molecule has 194 valence electrons. The molecule has 34 heavy (non-hydrogen) atoms. The summed E-state index contributed by atoms with van der Waals surface area (Å²) in [4.78, 5) is 24.1. The zero-order chi connectivity index (χ0) is 25.6. The molecule has 6 N–H and O–H groups in total. The average molecular weight is 507 g/mol. The van der Waals surface area contributed by atoms with Crippen molar-refractivity contribution in [2.45, 2.75) is 102 Å². The van der Waals surface area contributed by atoms with Gasteiger partial charge in [-0.3, -0.25) is 14.0 Å². The molecule has 11 nitrogen and oxygen atoms in total. The van der Waals surface area contributed by atoms with Gasteiger partial charge in [0.25, 0.3) is 0 Å². The summed E-state index contributed by atoms with van der Waals surface area (Å²) in [6, 6.07) is -0.659. The maximum absolute atomic E-state index is 14.4. The predicted molar refractivity (Wildman–Crippen MR) is 120 cm³/mol. The molecule has 7 unspecified atom stereocenters. The fourth-order valence-electron chi connectivity index (χ4n) is 4.30. The fourth-order valence-corrected chi connectivity index (χ4v) is 5.76. The number of halogens is 1. The Balaban J connectivity index is 1.83. The number of carbonyl (C=O) groups excluding carboxylic acids is 1. The fraction of sp³-hybridized carbons (Fsp3) is 0.762. The molecule has 1 saturated heterocycles. The van der Waals surface area contributed by atoms with E-state index in [1.807, 2.05) is 0 Å². The third-order valence-electron chi connectivity index (χ3n) is 7.10. The van der Waals surface area contributed by atoms with Crippen molar-refractivity contribution in [1.82, 2.24) is 15.5 Å². The number of allylic oxidation sites excluding steroid dienone is 1. The lowest BCUT2D eigenvalue weighted by molar-refractivity contribution is -0.0835. The van der Waals surface area contributed by atoms with Crippen LogP contribution in [0.15, 0.2) is 23.3 Å². The van der Waals surface area contributed by atoms with E-state index in [0.29, 0.717) is 0 Å². The lowest BCUT2D eigenvalue weighted by atomic mass is 9.88. The number of nitrogens with zero attached hydrogens (tertiary/aromatic N) is 1. The molecule has 13 heteroatoms. The first kappa shape index (κ1) is 27.1. The highest BCUT2D eigenvalue weighted by atomic mass is 31.2. The molecule has 3 aliphatic rings. The number of aliphatic hydroxyl groups is 3. The summed E-state index contributed by atoms with van der Waals surface area (Å²) in [5.41, 5.74) is -0.847. The molecule has 3 aliphatic heterocycles. The van der Waals surface area contributed by atoms with Crippen LogP contribution in [0.1, 0.15) is 60.3 Å². The van der Waals surface area contributed by atoms with Crippen molar-refractivity contribution in [2.24, 2.45) is 0 Å². The predicted octanol–water partition coefficient (Wildman–Crippen LogP) is 1.74. The molecule has 0 aromatic rings. The van der Waals surface area contributed by atoms with Crippen LogP contribution >= 0.6 is 7.60 Å². The highest BCUT2D eigenvalue weighted by molar-refractivity contribution is 7.54. The van der Waals surface area contributed by atoms with Crippen molar-refractivity contribution in [2.75, 3.05) is 0 Å². The summed E-state index contributed by atoms with van der Waals surface area (Å²) < 4.78 is 38.7. The van der Waals surface area contributed by atoms with Gasteiger partial charge in [-0.15, -0.1) is 0 Å². The second kappa shape index (κ2) is 9.50. The number of rotatable bonds is 9. The highest BCUT2D eigenvalue weighted by Gasteiger charge is 2.53. The van der Waals surface area contributed by atoms with E-state index in [1.165, 1.54) is 20.0 Å². The van der Waals surface area contributed by atoms with E-state index in [1.54, 1.807) is 20.8 Å². The van der Waals surface area contributed by atoms with E-state index in [0.717, 1.165) is 4.90 Å². The minimum Gasteiger partial charge on any atom is -0.388 e. The van der Waals surface area contributed by atoms with Gasteiger partial charge in [-0.2, -0.15) is 0 Å². The number of hydrogen-bond acceptors (Lipinski definition) is 8. The number of aliphatic hydroxyl groups excluding tert-OH is 2. The number of fused-ring (bicyclic) bond motifs is 1. The van der Waals surface area contributed by atoms with Crippen molar-refractivity contribution in [3.8, 4) is 0 Å². The van der Waals surface area contributed by atoms with E-state index in [2.05, 4.69) is 10.6 Å². The quantitative estimate of drug-likeness (QED) is 0.255. The van der Waals surface area contributed by atoms with Gasteiger partial charge in [0.05, 0.1) is 11.7 Å². The second-order valence-corrected chi connectivity index (χ2v) is 11.5. The smallest absolute Gasteiger partial charge is 0.359 e. The number of hydrogen-bond donors (Lipinski definition) is 6. The first-order valence-corrected chi connectivity index (χ1v) is 13.0. The van der Waals surface area contributed by atoms with Crippen molar-refractivity contribution in [1.29, 1.82) is 0 Å². The van der Waals surface area contributed by atoms with Gasteiger partial charge in [0.1, 0.15) is 24.2 Å². The van der Waals surface area contributed by atoms with Gasteiger partial charge >= 0.3 is 13.6 Å². The van der Waals surface area contributed by atoms with Gasteiger partial charge in [0.15, 0.2) is 11.6 Å². The number of carbonyl (C=O) groups is 1. The van der Waals surface area contributed by atoms with E-state index in [4.69, 9.17) is 9.26 Å². The van der Waals surface area contributed by atoms with Crippen LogP contribution in [-0.2, 0) is 13.8 Å². The van der Waals surface area contributed by atoms with Gasteiger partial charge in [-0.1, -0.05) is 20.8 Å². The van der Waals surface area contributed by atoms with Crippen LogP contribution in [0.5, 0.6) is 0 Å². The summed E-state index contributed by atoms with van der Waals surface area (Å²) in [6.07, 6.45) is -4.51. The second-order valence-electron chi connectivity index (χ2n) is 9.28. The van der Waals surface area contributed by atoms with Crippen molar-refractivity contribution in [3.63, 3.8) is 0 Å². The minimum absolute atomic E-state index is 0.0211. The monoisotopic (exact) mass is 507 g/mol. The Bertz CT molecular complexity index is 922. The minimum atomic E-state index is -4.50. The van der Waals surface area contributed by atoms with E-state index in [-0.39, 0.29) is 37.0 Å². The van der Waals surface area contributed by atoms with E-state index in [9.17, 15) is 34.0 Å². The number of nitrogens with one attached hydrogen (secondary N) is 2. The molecule has 0 aliphatic carbocycles. The molecule has 2 amide bonds. The Kier molecular flexibility index (Phi) is 7.56. The number of ether oxygens (including phenoxy) is 1. The third-order valence-corrected chi connectivity index (χ3v) is 9.27. The largest absolute Gasteiger partial charge is 0.388 e. The first-order valence-electron chi connectivity index (χ1n) is 11.4. The van der Waals surface area contributed by atoms with E-state index >= 15 is 0 Å². The maximum atomic E-state index is 14.4. The Hall–Kier alpha value is -1.53. The van der Waals surface area contributed by atoms with Crippen molar-refractivity contribution in [3.05, 3.63) is 23.3 Å². The standard InChI is InChI=1S/C21H35FN3O8P/c1-6-20(5,29)34(30,31)33-21(7-2,8-3)9-13-15(26)16(27)18(32-13)25-10-12-14(22)11(4)23-17(12)24-19(25)28/h10,13,15-18,23,26-27,29H,6-9H2,1-5H3,(H,24,28)(H,30,31). The molecule has 0 saturated carbocycles. The van der Waals surface area contributed by atoms with Crippen LogP contribution in [0.2, 0.25) is 0 Å². The molecule has 3 heterocycles. The summed E-state index contributed by atoms with van der Waals surface area (Å²) in [5, 5.41) is 35.1. The first-order chi connectivity index (χ1) is 15.7. The number of urea groups is 1. The molecule has 0 aromatic heterocycles. The summed E-state index contributed by atoms with van der Waals surface area (Å²) >= 11 is 0. The van der Waals surface area contributed by atoms with Crippen LogP contribution < -0.4 is 10.6 Å². The Morgan fingerprint density at radius 2 is 1.82 bits per heavy atom. The van der Waals surface area contributed by atoms with Gasteiger partial charge in [0, 0.05) is 23.9 Å². The van der Waals surface area contributed by atoms with Crippen LogP contribution in [0.3, 0.4) is 0 Å². The van der Waals surface area contributed by atoms with Crippen LogP contribution in [-0.4, -0.2) is 72.8 Å². The van der Waals surface area contributed by atoms with Gasteiger partial charge in [0.2, 0.25) is 0 Å². The SMILES string of the molecule is CCC(CC)(CC1OC(N2C=C3C(F)=C(C)NC3NC2=O)C(O)C1O)OP(=O)(O)C(C)(O)CC. The summed E-state index contributed by atoms with van der Waals surface area (Å²) in [6.45, 7) is 7.75. The van der Waals surface area contributed by atoms with Gasteiger partial charge in [-0.05, 0) is 33.1 Å². The Morgan fingerprint density at radius 1 is 1.21 bits per heavy atom. The highest BCUT2D eigenvalue weighted by Crippen LogP contribution is 2.59. The van der Waals surface area contributed by atoms with Crippen LogP contribution in [0, 0.1) is 0 Å². The van der Waals surface area contributed by atoms with Crippen molar-refractivity contribution >= 4 is 13.6 Å². The van der Waals surface area contributed by atoms with E-state index < -0.39 is 61.1 Å². The average Bonchev–Trinajstić information content (AvgIpc) is 3.21. The maximum Gasteiger partial charge on any atom is 0.359 e. The summed E-state index contributed by atoms with van der Waals surface area (Å²) in [7, 11) is -4.50. The van der Waals surface area contributed by atoms with Gasteiger partial charge < -0.3 is 35.6 Å². The third kappa shape index (κ3) is 4.65. The number of amides is 2. The van der Waals surface area contributed by atoms with Gasteiger partial charge in [-0.25, -0.2) is 9.18 Å². The zero-order valence-electron chi connectivity index (χ0n) is 20.0. The molecule has 0 aromatic carbocycles. The molecular formula is C21H35FN3O8P. The molecular weight excluding hydrogens is 472 g/mol. The molecule has 0 radical (unpaired) electrons. The van der Waals surface area contributed by atoms with Crippen molar-refractivity contribution < 1.29 is 43.2 Å². The molecule has 0 bridgehead atoms. The normalized spacial score (nSPS) is 33.1. The lowest BCUT2D eigenvalue weighted by Gasteiger charge is -2.39. The lowest BCUT2D eigenvalue weighted by Crippen LogP contribution is -2.56. The Morgan fingerprint density at radius 3 is 2.38 bits per heavy atom.